The minimum atomic E-state index is 1.03. The lowest BCUT2D eigenvalue weighted by atomic mass is 10.1. The van der Waals surface area contributed by atoms with Crippen LogP contribution in [-0.4, -0.2) is 11.0 Å². The Bertz CT molecular complexity index is 106. The lowest BCUT2D eigenvalue weighted by Gasteiger charge is -2.07. The molecule has 1 heteroatoms. The van der Waals surface area contributed by atoms with Gasteiger partial charge < -0.3 is 0 Å². The van der Waals surface area contributed by atoms with Crippen molar-refractivity contribution in [1.29, 1.82) is 0 Å². The third-order valence-corrected chi connectivity index (χ3v) is 4.37. The van der Waals surface area contributed by atoms with Crippen molar-refractivity contribution < 1.29 is 0 Å². The van der Waals surface area contributed by atoms with Crippen molar-refractivity contribution in [2.75, 3.05) is 5.75 Å². The molecule has 0 aromatic heterocycles. The minimum Gasteiger partial charge on any atom is -0.159 e. The first-order valence-corrected chi connectivity index (χ1v) is 7.10. The van der Waals surface area contributed by atoms with Gasteiger partial charge in [0.15, 0.2) is 0 Å². The minimum absolute atomic E-state index is 1.03. The summed E-state index contributed by atoms with van der Waals surface area (Å²) in [6, 6.07) is 0. The molecule has 0 saturated carbocycles. The van der Waals surface area contributed by atoms with E-state index in [1.165, 1.54) is 63.5 Å². The topological polar surface area (TPSA) is 0 Å². The van der Waals surface area contributed by atoms with Gasteiger partial charge in [0.25, 0.3) is 0 Å². The molecule has 1 saturated heterocycles. The van der Waals surface area contributed by atoms with Gasteiger partial charge in [-0.2, -0.15) is 11.8 Å². The number of thioether (sulfide) groups is 1. The van der Waals surface area contributed by atoms with Crippen LogP contribution in [0, 0.1) is 0 Å². The Labute approximate surface area is 87.9 Å². The molecule has 0 aliphatic carbocycles. The fraction of sp³-hybridized carbons (Fsp3) is 1.00. The molecule has 1 aliphatic heterocycles. The Morgan fingerprint density at radius 3 is 2.54 bits per heavy atom. The summed E-state index contributed by atoms with van der Waals surface area (Å²) in [5, 5.41) is 1.03. The Hall–Kier alpha value is 0.350. The fourth-order valence-corrected chi connectivity index (χ4v) is 3.36. The van der Waals surface area contributed by atoms with Crippen LogP contribution in [0.5, 0.6) is 0 Å². The van der Waals surface area contributed by atoms with Gasteiger partial charge in [-0.25, -0.2) is 0 Å². The molecule has 0 bridgehead atoms. The number of hydrogen-bond donors (Lipinski definition) is 0. The van der Waals surface area contributed by atoms with Gasteiger partial charge >= 0.3 is 0 Å². The molecule has 0 nitrogen and oxygen atoms in total. The summed E-state index contributed by atoms with van der Waals surface area (Å²) in [7, 11) is 0. The summed E-state index contributed by atoms with van der Waals surface area (Å²) in [5.41, 5.74) is 0. The monoisotopic (exact) mass is 200 g/mol. The third-order valence-electron chi connectivity index (χ3n) is 2.90. The lowest BCUT2D eigenvalue weighted by Crippen LogP contribution is -1.95. The summed E-state index contributed by atoms with van der Waals surface area (Å²) >= 11 is 2.21. The second kappa shape index (κ2) is 7.73. The van der Waals surface area contributed by atoms with Gasteiger partial charge in [-0.1, -0.05) is 45.4 Å². The third kappa shape index (κ3) is 5.61. The van der Waals surface area contributed by atoms with Crippen LogP contribution in [-0.2, 0) is 0 Å². The molecule has 0 aromatic rings. The van der Waals surface area contributed by atoms with Crippen molar-refractivity contribution >= 4 is 11.8 Å². The van der Waals surface area contributed by atoms with E-state index < -0.39 is 0 Å². The maximum atomic E-state index is 2.29. The van der Waals surface area contributed by atoms with Gasteiger partial charge in [-0.3, -0.25) is 0 Å². The molecule has 0 N–H and O–H groups in total. The zero-order valence-corrected chi connectivity index (χ0v) is 9.87. The molecule has 0 amide bonds. The van der Waals surface area contributed by atoms with E-state index in [0.717, 1.165) is 5.25 Å². The number of unbranched alkanes of at least 4 members (excludes halogenated alkanes) is 5. The smallest absolute Gasteiger partial charge is 0.00473 e. The first-order valence-electron chi connectivity index (χ1n) is 6.05. The molecule has 1 aliphatic rings. The lowest BCUT2D eigenvalue weighted by molar-refractivity contribution is 0.576. The summed E-state index contributed by atoms with van der Waals surface area (Å²) in [4.78, 5) is 0. The van der Waals surface area contributed by atoms with Crippen LogP contribution in [0.4, 0.5) is 0 Å². The van der Waals surface area contributed by atoms with Gasteiger partial charge in [-0.05, 0) is 25.0 Å². The summed E-state index contributed by atoms with van der Waals surface area (Å²) in [6.07, 6.45) is 13.2. The fourth-order valence-electron chi connectivity index (χ4n) is 2.02. The molecular weight excluding hydrogens is 176 g/mol. The van der Waals surface area contributed by atoms with Crippen molar-refractivity contribution in [3.8, 4) is 0 Å². The number of hydrogen-bond acceptors (Lipinski definition) is 1. The van der Waals surface area contributed by atoms with Gasteiger partial charge in [0.05, 0.1) is 0 Å². The van der Waals surface area contributed by atoms with E-state index in [2.05, 4.69) is 18.7 Å². The van der Waals surface area contributed by atoms with Crippen LogP contribution >= 0.6 is 11.8 Å². The highest BCUT2D eigenvalue weighted by Crippen LogP contribution is 2.30. The summed E-state index contributed by atoms with van der Waals surface area (Å²) < 4.78 is 0. The Balaban J connectivity index is 1.78. The van der Waals surface area contributed by atoms with E-state index in [1.807, 2.05) is 0 Å². The summed E-state index contributed by atoms with van der Waals surface area (Å²) in [5.74, 6) is 1.43. The Morgan fingerprint density at radius 1 is 1.08 bits per heavy atom. The summed E-state index contributed by atoms with van der Waals surface area (Å²) in [6.45, 7) is 2.29. The van der Waals surface area contributed by atoms with Crippen molar-refractivity contribution in [3.63, 3.8) is 0 Å². The quantitative estimate of drug-likeness (QED) is 0.540. The van der Waals surface area contributed by atoms with Gasteiger partial charge in [0.1, 0.15) is 0 Å². The van der Waals surface area contributed by atoms with E-state index in [9.17, 15) is 0 Å². The molecule has 0 radical (unpaired) electrons. The Kier molecular flexibility index (Phi) is 6.79. The van der Waals surface area contributed by atoms with Gasteiger partial charge in [0.2, 0.25) is 0 Å². The molecule has 1 unspecified atom stereocenters. The predicted octanol–water partition coefficient (Wildman–Crippen LogP) is 4.63. The second-order valence-corrected chi connectivity index (χ2v) is 5.60. The average molecular weight is 200 g/mol. The SMILES string of the molecule is CCCCCCCCC1CCCS1. The highest BCUT2D eigenvalue weighted by atomic mass is 32.2. The Morgan fingerprint density at radius 2 is 1.85 bits per heavy atom. The van der Waals surface area contributed by atoms with Crippen LogP contribution in [0.2, 0.25) is 0 Å². The highest BCUT2D eigenvalue weighted by Gasteiger charge is 2.14. The zero-order chi connectivity index (χ0) is 9.36. The molecular formula is C12H24S. The standard InChI is InChI=1S/C12H24S/c1-2-3-4-5-6-7-9-12-10-8-11-13-12/h12H,2-11H2,1H3. The van der Waals surface area contributed by atoms with E-state index in [-0.39, 0.29) is 0 Å². The molecule has 0 aromatic carbocycles. The predicted molar refractivity (Wildman–Crippen MR) is 63.5 cm³/mol. The maximum absolute atomic E-state index is 2.29. The van der Waals surface area contributed by atoms with E-state index in [4.69, 9.17) is 0 Å². The van der Waals surface area contributed by atoms with Crippen molar-refractivity contribution in [3.05, 3.63) is 0 Å². The molecule has 1 atom stereocenters. The average Bonchev–Trinajstić information content (AvgIpc) is 2.63. The van der Waals surface area contributed by atoms with Gasteiger partial charge in [0, 0.05) is 5.25 Å². The molecule has 13 heavy (non-hydrogen) atoms. The van der Waals surface area contributed by atoms with Crippen molar-refractivity contribution in [1.82, 2.24) is 0 Å². The first kappa shape index (κ1) is 11.4. The first-order chi connectivity index (χ1) is 6.43. The van der Waals surface area contributed by atoms with Crippen LogP contribution in [0.3, 0.4) is 0 Å². The van der Waals surface area contributed by atoms with Crippen LogP contribution in [0.1, 0.15) is 64.7 Å². The number of rotatable bonds is 7. The normalized spacial score (nSPS) is 22.4. The maximum Gasteiger partial charge on any atom is 0.00473 e. The van der Waals surface area contributed by atoms with Crippen molar-refractivity contribution in [2.24, 2.45) is 0 Å². The van der Waals surface area contributed by atoms with Crippen LogP contribution in [0.15, 0.2) is 0 Å². The van der Waals surface area contributed by atoms with Crippen LogP contribution in [0.25, 0.3) is 0 Å². The van der Waals surface area contributed by atoms with Crippen molar-refractivity contribution in [2.45, 2.75) is 70.0 Å². The van der Waals surface area contributed by atoms with E-state index in [1.54, 1.807) is 0 Å². The van der Waals surface area contributed by atoms with E-state index in [0.29, 0.717) is 0 Å². The second-order valence-electron chi connectivity index (χ2n) is 4.19. The molecule has 1 heterocycles. The highest BCUT2D eigenvalue weighted by molar-refractivity contribution is 8.00. The van der Waals surface area contributed by atoms with Gasteiger partial charge in [-0.15, -0.1) is 0 Å². The molecule has 0 spiro atoms. The zero-order valence-electron chi connectivity index (χ0n) is 9.06. The molecule has 1 rings (SSSR count). The molecule has 1 fully saturated rings. The molecule has 78 valence electrons. The van der Waals surface area contributed by atoms with E-state index >= 15 is 0 Å². The largest absolute Gasteiger partial charge is 0.159 e. The van der Waals surface area contributed by atoms with Crippen LogP contribution < -0.4 is 0 Å².